The molecule has 0 unspecified atom stereocenters. The molecule has 0 aliphatic rings. The van der Waals surface area contributed by atoms with Gasteiger partial charge in [-0.3, -0.25) is 4.79 Å². The number of rotatable bonds is 5. The molecular formula is C11H15F3N2OS. The van der Waals surface area contributed by atoms with Crippen molar-refractivity contribution >= 4 is 22.8 Å². The van der Waals surface area contributed by atoms with Crippen LogP contribution in [0, 0.1) is 0 Å². The van der Waals surface area contributed by atoms with Crippen LogP contribution in [0.4, 0.5) is 18.3 Å². The Hall–Kier alpha value is -1.11. The predicted molar refractivity (Wildman–Crippen MR) is 65.5 cm³/mol. The monoisotopic (exact) mass is 280 g/mol. The summed E-state index contributed by atoms with van der Waals surface area (Å²) in [7, 11) is 0. The van der Waals surface area contributed by atoms with Crippen molar-refractivity contribution in [2.75, 3.05) is 18.0 Å². The molecule has 1 aromatic rings. The van der Waals surface area contributed by atoms with E-state index in [1.165, 1.54) is 0 Å². The second-order valence-corrected chi connectivity index (χ2v) is 5.16. The molecule has 0 aliphatic heterocycles. The highest BCUT2D eigenvalue weighted by Gasteiger charge is 2.31. The second-order valence-electron chi connectivity index (χ2n) is 4.15. The Morgan fingerprint density at radius 2 is 2.06 bits per heavy atom. The molecule has 18 heavy (non-hydrogen) atoms. The summed E-state index contributed by atoms with van der Waals surface area (Å²) in [6, 6.07) is 0. The summed E-state index contributed by atoms with van der Waals surface area (Å²) in [5.41, 5.74) is 0.561. The molecule has 0 amide bonds. The summed E-state index contributed by atoms with van der Waals surface area (Å²) in [5, 5.41) is 0.251. The van der Waals surface area contributed by atoms with E-state index in [0.29, 0.717) is 16.9 Å². The van der Waals surface area contributed by atoms with E-state index in [4.69, 9.17) is 0 Å². The van der Waals surface area contributed by atoms with E-state index in [2.05, 4.69) is 4.98 Å². The quantitative estimate of drug-likeness (QED) is 0.774. The average Bonchev–Trinajstić information content (AvgIpc) is 2.68. The van der Waals surface area contributed by atoms with E-state index in [0.717, 1.165) is 16.2 Å². The maximum absolute atomic E-state index is 12.4. The minimum absolute atomic E-state index is 0.0137. The standard InChI is InChI=1S/C11H15F3N2OS/c1-4-16(6-11(12,13)14)10-15-9(7(2)3)8(5-17)18-10/h5,7H,4,6H2,1-3H3. The third kappa shape index (κ3) is 3.69. The lowest BCUT2D eigenvalue weighted by Crippen LogP contribution is -2.34. The number of hydrogen-bond donors (Lipinski definition) is 0. The maximum atomic E-state index is 12.4. The van der Waals surface area contributed by atoms with E-state index < -0.39 is 12.7 Å². The number of alkyl halides is 3. The summed E-state index contributed by atoms with van der Waals surface area (Å²) in [5.74, 6) is 0.0137. The Balaban J connectivity index is 3.03. The maximum Gasteiger partial charge on any atom is 0.406 e. The smallest absolute Gasteiger partial charge is 0.339 e. The van der Waals surface area contributed by atoms with Crippen LogP contribution in [0.5, 0.6) is 0 Å². The lowest BCUT2D eigenvalue weighted by Gasteiger charge is -2.21. The summed E-state index contributed by atoms with van der Waals surface area (Å²) < 4.78 is 37.2. The highest BCUT2D eigenvalue weighted by molar-refractivity contribution is 7.17. The van der Waals surface area contributed by atoms with E-state index in [9.17, 15) is 18.0 Å². The Bertz CT molecular complexity index is 415. The van der Waals surface area contributed by atoms with Crippen molar-refractivity contribution in [2.45, 2.75) is 32.9 Å². The van der Waals surface area contributed by atoms with Crippen LogP contribution in [0.1, 0.15) is 42.1 Å². The van der Waals surface area contributed by atoms with Crippen LogP contribution in [0.3, 0.4) is 0 Å². The van der Waals surface area contributed by atoms with Gasteiger partial charge in [0.05, 0.1) is 10.6 Å². The van der Waals surface area contributed by atoms with Crippen molar-refractivity contribution in [3.8, 4) is 0 Å². The van der Waals surface area contributed by atoms with Crippen LogP contribution in [0.25, 0.3) is 0 Å². The SMILES string of the molecule is CCN(CC(F)(F)F)c1nc(C(C)C)c(C=O)s1. The number of thiazole rings is 1. The number of halogens is 3. The molecule has 7 heteroatoms. The van der Waals surface area contributed by atoms with Gasteiger partial charge in [0.15, 0.2) is 11.4 Å². The van der Waals surface area contributed by atoms with E-state index in [-0.39, 0.29) is 17.6 Å². The Kier molecular flexibility index (Phi) is 4.72. The van der Waals surface area contributed by atoms with Gasteiger partial charge in [0.2, 0.25) is 0 Å². The van der Waals surface area contributed by atoms with Gasteiger partial charge in [0.1, 0.15) is 6.54 Å². The summed E-state index contributed by atoms with van der Waals surface area (Å²) in [4.78, 5) is 16.6. The van der Waals surface area contributed by atoms with Crippen molar-refractivity contribution in [2.24, 2.45) is 0 Å². The Morgan fingerprint density at radius 1 is 1.44 bits per heavy atom. The van der Waals surface area contributed by atoms with Gasteiger partial charge in [-0.2, -0.15) is 13.2 Å². The molecule has 0 radical (unpaired) electrons. The molecule has 1 aromatic heterocycles. The van der Waals surface area contributed by atoms with Gasteiger partial charge in [0.25, 0.3) is 0 Å². The van der Waals surface area contributed by atoms with Crippen LogP contribution in [-0.2, 0) is 0 Å². The fraction of sp³-hybridized carbons (Fsp3) is 0.636. The number of carbonyl (C=O) groups is 1. The minimum Gasteiger partial charge on any atom is -0.339 e. The second kappa shape index (κ2) is 5.69. The molecule has 1 rings (SSSR count). The number of anilines is 1. The van der Waals surface area contributed by atoms with E-state index in [1.807, 2.05) is 13.8 Å². The molecule has 0 saturated heterocycles. The van der Waals surface area contributed by atoms with Crippen molar-refractivity contribution < 1.29 is 18.0 Å². The van der Waals surface area contributed by atoms with Gasteiger partial charge in [0, 0.05) is 6.54 Å². The Morgan fingerprint density at radius 3 is 2.39 bits per heavy atom. The molecule has 0 aliphatic carbocycles. The molecule has 0 spiro atoms. The molecule has 0 atom stereocenters. The van der Waals surface area contributed by atoms with Crippen LogP contribution in [0.2, 0.25) is 0 Å². The fourth-order valence-corrected chi connectivity index (χ4v) is 2.59. The van der Waals surface area contributed by atoms with Gasteiger partial charge in [-0.05, 0) is 12.8 Å². The molecule has 0 fully saturated rings. The van der Waals surface area contributed by atoms with Crippen molar-refractivity contribution in [3.05, 3.63) is 10.6 Å². The van der Waals surface area contributed by atoms with Crippen LogP contribution < -0.4 is 4.90 Å². The lowest BCUT2D eigenvalue weighted by atomic mass is 10.1. The molecule has 0 N–H and O–H groups in total. The molecule has 0 bridgehead atoms. The first-order valence-corrected chi connectivity index (χ1v) is 6.37. The zero-order chi connectivity index (χ0) is 13.9. The van der Waals surface area contributed by atoms with E-state index in [1.54, 1.807) is 6.92 Å². The molecule has 102 valence electrons. The highest BCUT2D eigenvalue weighted by atomic mass is 32.1. The Labute approximate surface area is 108 Å². The molecule has 0 aromatic carbocycles. The first kappa shape index (κ1) is 14.9. The predicted octanol–water partition coefficient (Wildman–Crippen LogP) is 3.47. The molecular weight excluding hydrogens is 265 g/mol. The summed E-state index contributed by atoms with van der Waals surface area (Å²) in [6.45, 7) is 4.48. The largest absolute Gasteiger partial charge is 0.406 e. The van der Waals surface area contributed by atoms with Gasteiger partial charge < -0.3 is 4.90 Å². The molecule has 0 saturated carbocycles. The summed E-state index contributed by atoms with van der Waals surface area (Å²) >= 11 is 1.01. The minimum atomic E-state index is -4.28. The zero-order valence-corrected chi connectivity index (χ0v) is 11.2. The number of aromatic nitrogens is 1. The first-order chi connectivity index (χ1) is 8.28. The fourth-order valence-electron chi connectivity index (χ4n) is 1.50. The van der Waals surface area contributed by atoms with Gasteiger partial charge in [-0.25, -0.2) is 4.98 Å². The number of aldehydes is 1. The van der Waals surface area contributed by atoms with Crippen LogP contribution in [0.15, 0.2) is 0 Å². The third-order valence-corrected chi connectivity index (χ3v) is 3.40. The normalized spacial score (nSPS) is 11.9. The van der Waals surface area contributed by atoms with Crippen LogP contribution in [-0.4, -0.2) is 30.5 Å². The molecule has 1 heterocycles. The van der Waals surface area contributed by atoms with Crippen molar-refractivity contribution in [1.82, 2.24) is 4.98 Å². The number of nitrogens with zero attached hydrogens (tertiary/aromatic N) is 2. The first-order valence-electron chi connectivity index (χ1n) is 5.56. The average molecular weight is 280 g/mol. The van der Waals surface area contributed by atoms with Gasteiger partial charge >= 0.3 is 6.18 Å². The topological polar surface area (TPSA) is 33.2 Å². The van der Waals surface area contributed by atoms with Crippen molar-refractivity contribution in [3.63, 3.8) is 0 Å². The lowest BCUT2D eigenvalue weighted by molar-refractivity contribution is -0.119. The van der Waals surface area contributed by atoms with Crippen molar-refractivity contribution in [1.29, 1.82) is 0 Å². The third-order valence-electron chi connectivity index (χ3n) is 2.35. The summed E-state index contributed by atoms with van der Waals surface area (Å²) in [6.07, 6.45) is -3.63. The zero-order valence-electron chi connectivity index (χ0n) is 10.4. The highest BCUT2D eigenvalue weighted by Crippen LogP contribution is 2.31. The van der Waals surface area contributed by atoms with Gasteiger partial charge in [-0.15, -0.1) is 0 Å². The number of hydrogen-bond acceptors (Lipinski definition) is 4. The van der Waals surface area contributed by atoms with E-state index >= 15 is 0 Å². The number of carbonyl (C=O) groups excluding carboxylic acids is 1. The van der Waals surface area contributed by atoms with Gasteiger partial charge in [-0.1, -0.05) is 25.2 Å². The van der Waals surface area contributed by atoms with Crippen LogP contribution >= 0.6 is 11.3 Å². The molecule has 3 nitrogen and oxygen atoms in total.